The molecule has 0 aliphatic carbocycles. The van der Waals surface area contributed by atoms with Crippen LogP contribution in [-0.4, -0.2) is 127 Å². The van der Waals surface area contributed by atoms with E-state index in [1.165, 1.54) is 6.33 Å². The Morgan fingerprint density at radius 3 is 2.49 bits per heavy atom. The molecular formula is C29H42FN9O4. The third kappa shape index (κ3) is 8.97. The number of halogens is 1. The van der Waals surface area contributed by atoms with Crippen molar-refractivity contribution in [3.05, 3.63) is 42.0 Å². The van der Waals surface area contributed by atoms with Crippen molar-refractivity contribution in [3.8, 4) is 0 Å². The van der Waals surface area contributed by atoms with E-state index in [1.54, 1.807) is 34.1 Å². The van der Waals surface area contributed by atoms with Gasteiger partial charge in [-0.1, -0.05) is 12.1 Å². The van der Waals surface area contributed by atoms with Gasteiger partial charge in [0.05, 0.1) is 5.92 Å². The van der Waals surface area contributed by atoms with Crippen LogP contribution in [0.4, 0.5) is 26.5 Å². The lowest BCUT2D eigenvalue weighted by molar-refractivity contribution is -0.142. The van der Waals surface area contributed by atoms with Gasteiger partial charge in [0.15, 0.2) is 11.6 Å². The fourth-order valence-electron chi connectivity index (χ4n) is 5.15. The summed E-state index contributed by atoms with van der Waals surface area (Å²) in [5, 5.41) is 18.4. The lowest BCUT2D eigenvalue weighted by atomic mass is 9.96. The number of piperazine rings is 1. The van der Waals surface area contributed by atoms with Crippen molar-refractivity contribution in [2.24, 2.45) is 5.92 Å². The molecule has 2 aliphatic heterocycles. The third-order valence-electron chi connectivity index (χ3n) is 7.76. The second-order valence-corrected chi connectivity index (χ2v) is 11.4. The summed E-state index contributed by atoms with van der Waals surface area (Å²) in [5.74, 6) is -2.42. The SMILES string of the molecule is CN(C)CCNc1ncnc(N2CCCC(C(=O)N[C@H](Cc3ccc(NC(=O)N4CCN(C)CC4)cc3)C(=O)O)C2)c1F. The van der Waals surface area contributed by atoms with Crippen molar-refractivity contribution in [1.29, 1.82) is 0 Å². The number of carboxylic acid groups (broad SMARTS) is 1. The summed E-state index contributed by atoms with van der Waals surface area (Å²) in [6.07, 6.45) is 2.55. The number of carbonyl (C=O) groups excluding carboxylic acids is 2. The van der Waals surface area contributed by atoms with Gasteiger partial charge in [0.2, 0.25) is 11.7 Å². The zero-order valence-corrected chi connectivity index (χ0v) is 25.1. The lowest BCUT2D eigenvalue weighted by Crippen LogP contribution is -2.49. The van der Waals surface area contributed by atoms with E-state index in [4.69, 9.17) is 0 Å². The van der Waals surface area contributed by atoms with Crippen LogP contribution in [0.15, 0.2) is 30.6 Å². The minimum atomic E-state index is -1.15. The third-order valence-corrected chi connectivity index (χ3v) is 7.76. The lowest BCUT2D eigenvalue weighted by Gasteiger charge is -2.33. The molecule has 0 radical (unpaired) electrons. The first kappa shape index (κ1) is 31.9. The number of amides is 3. The number of nitrogens with one attached hydrogen (secondary N) is 3. The van der Waals surface area contributed by atoms with Gasteiger partial charge in [0, 0.05) is 64.5 Å². The minimum absolute atomic E-state index is 0.0761. The summed E-state index contributed by atoms with van der Waals surface area (Å²) >= 11 is 0. The Bertz CT molecular complexity index is 1260. The molecule has 4 N–H and O–H groups in total. The van der Waals surface area contributed by atoms with E-state index in [-0.39, 0.29) is 30.6 Å². The van der Waals surface area contributed by atoms with E-state index in [9.17, 15) is 19.5 Å². The molecule has 0 saturated carbocycles. The van der Waals surface area contributed by atoms with Crippen molar-refractivity contribution in [1.82, 2.24) is 30.0 Å². The number of hydrogen-bond donors (Lipinski definition) is 4. The van der Waals surface area contributed by atoms with Crippen molar-refractivity contribution in [2.75, 3.05) is 89.0 Å². The highest BCUT2D eigenvalue weighted by molar-refractivity contribution is 5.89. The Morgan fingerprint density at radius 2 is 1.81 bits per heavy atom. The molecule has 234 valence electrons. The largest absolute Gasteiger partial charge is 0.480 e. The summed E-state index contributed by atoms with van der Waals surface area (Å²) in [6, 6.07) is 5.62. The van der Waals surface area contributed by atoms with Gasteiger partial charge >= 0.3 is 12.0 Å². The van der Waals surface area contributed by atoms with Crippen LogP contribution in [0.25, 0.3) is 0 Å². The maximum Gasteiger partial charge on any atom is 0.326 e. The first-order valence-electron chi connectivity index (χ1n) is 14.6. The molecule has 2 aliphatic rings. The van der Waals surface area contributed by atoms with E-state index in [1.807, 2.05) is 26.0 Å². The van der Waals surface area contributed by atoms with Gasteiger partial charge in [-0.15, -0.1) is 0 Å². The molecule has 13 nitrogen and oxygen atoms in total. The van der Waals surface area contributed by atoms with Crippen molar-refractivity contribution in [2.45, 2.75) is 25.3 Å². The zero-order chi connectivity index (χ0) is 30.9. The van der Waals surface area contributed by atoms with Crippen LogP contribution in [0.1, 0.15) is 18.4 Å². The fraction of sp³-hybridized carbons (Fsp3) is 0.552. The van der Waals surface area contributed by atoms with Gasteiger partial charge in [-0.2, -0.15) is 4.39 Å². The van der Waals surface area contributed by atoms with Crippen molar-refractivity contribution in [3.63, 3.8) is 0 Å². The smallest absolute Gasteiger partial charge is 0.326 e. The number of hydrogen-bond acceptors (Lipinski definition) is 9. The molecular weight excluding hydrogens is 557 g/mol. The van der Waals surface area contributed by atoms with Gasteiger partial charge < -0.3 is 40.7 Å². The number of anilines is 3. The van der Waals surface area contributed by atoms with E-state index in [2.05, 4.69) is 30.8 Å². The topological polar surface area (TPSA) is 146 Å². The molecule has 2 saturated heterocycles. The van der Waals surface area contributed by atoms with Crippen LogP contribution >= 0.6 is 0 Å². The first-order valence-corrected chi connectivity index (χ1v) is 14.6. The summed E-state index contributed by atoms with van der Waals surface area (Å²) in [5.41, 5.74) is 1.31. The molecule has 4 rings (SSSR count). The number of rotatable bonds is 11. The molecule has 0 bridgehead atoms. The van der Waals surface area contributed by atoms with Gasteiger partial charge in [0.1, 0.15) is 12.4 Å². The van der Waals surface area contributed by atoms with Crippen molar-refractivity contribution < 1.29 is 23.9 Å². The summed E-state index contributed by atoms with van der Waals surface area (Å²) in [4.78, 5) is 53.5. The van der Waals surface area contributed by atoms with Crippen LogP contribution in [-0.2, 0) is 16.0 Å². The average Bonchev–Trinajstić information content (AvgIpc) is 2.98. The molecule has 2 aromatic rings. The number of nitrogens with zero attached hydrogens (tertiary/aromatic N) is 6. The van der Waals surface area contributed by atoms with E-state index < -0.39 is 29.7 Å². The quantitative estimate of drug-likeness (QED) is 0.299. The standard InChI is InChI=1S/C29H42FN9O4/c1-36(2)12-10-31-25-24(30)26(33-19-32-25)39-11-4-5-21(18-39)27(40)35-23(28(41)42)17-20-6-8-22(9-7-20)34-29(43)38-15-13-37(3)14-16-38/h6-9,19,21,23H,4-5,10-18H2,1-3H3,(H,34,43)(H,35,40)(H,41,42)(H,31,32,33)/t21?,23-/m1/s1. The number of aliphatic carboxylic acids is 1. The highest BCUT2D eigenvalue weighted by atomic mass is 19.1. The van der Waals surface area contributed by atoms with Gasteiger partial charge in [0.25, 0.3) is 0 Å². The molecule has 3 amide bonds. The first-order chi connectivity index (χ1) is 20.6. The van der Waals surface area contributed by atoms with Gasteiger partial charge in [-0.25, -0.2) is 19.6 Å². The van der Waals surface area contributed by atoms with Gasteiger partial charge in [-0.3, -0.25) is 4.79 Å². The second kappa shape index (κ2) is 14.9. The molecule has 2 atom stereocenters. The normalized spacial score (nSPS) is 18.3. The fourth-order valence-corrected chi connectivity index (χ4v) is 5.15. The number of piperidine rings is 1. The second-order valence-electron chi connectivity index (χ2n) is 11.4. The van der Waals surface area contributed by atoms with Crippen LogP contribution in [0.3, 0.4) is 0 Å². The number of urea groups is 1. The Morgan fingerprint density at radius 1 is 1.09 bits per heavy atom. The highest BCUT2D eigenvalue weighted by Gasteiger charge is 2.31. The van der Waals surface area contributed by atoms with Crippen LogP contribution in [0, 0.1) is 11.7 Å². The Labute approximate surface area is 251 Å². The Hall–Kier alpha value is -4.04. The molecule has 43 heavy (non-hydrogen) atoms. The predicted octanol–water partition coefficient (Wildman–Crippen LogP) is 1.40. The summed E-state index contributed by atoms with van der Waals surface area (Å²) in [7, 11) is 5.86. The molecule has 3 heterocycles. The number of likely N-dealkylation sites (N-methyl/N-ethyl adjacent to an activating group) is 2. The number of benzene rings is 1. The maximum atomic E-state index is 15.2. The molecule has 1 unspecified atom stereocenters. The summed E-state index contributed by atoms with van der Waals surface area (Å²) < 4.78 is 15.2. The minimum Gasteiger partial charge on any atom is -0.480 e. The predicted molar refractivity (Wildman–Crippen MR) is 162 cm³/mol. The number of carbonyl (C=O) groups is 3. The van der Waals surface area contributed by atoms with Crippen molar-refractivity contribution >= 4 is 35.2 Å². The zero-order valence-electron chi connectivity index (χ0n) is 25.1. The van der Waals surface area contributed by atoms with E-state index in [0.717, 1.165) is 13.1 Å². The Balaban J connectivity index is 1.32. The average molecular weight is 600 g/mol. The van der Waals surface area contributed by atoms with Gasteiger partial charge in [-0.05, 0) is 51.7 Å². The highest BCUT2D eigenvalue weighted by Crippen LogP contribution is 2.27. The van der Waals surface area contributed by atoms with Crippen LogP contribution < -0.4 is 20.9 Å². The maximum absolute atomic E-state index is 15.2. The Kier molecular flexibility index (Phi) is 11.1. The molecule has 1 aromatic heterocycles. The molecule has 1 aromatic carbocycles. The van der Waals surface area contributed by atoms with Crippen LogP contribution in [0.5, 0.6) is 0 Å². The van der Waals surface area contributed by atoms with Crippen LogP contribution in [0.2, 0.25) is 0 Å². The number of carboxylic acids is 1. The summed E-state index contributed by atoms with van der Waals surface area (Å²) in [6.45, 7) is 4.90. The molecule has 14 heteroatoms. The van der Waals surface area contributed by atoms with E-state index in [0.29, 0.717) is 56.8 Å². The molecule has 0 spiro atoms. The monoisotopic (exact) mass is 599 g/mol. The van der Waals surface area contributed by atoms with E-state index >= 15 is 4.39 Å². The number of aromatic nitrogens is 2. The molecule has 2 fully saturated rings.